The van der Waals surface area contributed by atoms with Crippen LogP contribution < -0.4 is 10.2 Å². The van der Waals surface area contributed by atoms with Crippen molar-refractivity contribution in [2.45, 2.75) is 49.5 Å². The van der Waals surface area contributed by atoms with Crippen molar-refractivity contribution in [3.8, 4) is 0 Å². The molecule has 0 spiro atoms. The molecule has 6 nitrogen and oxygen atoms in total. The van der Waals surface area contributed by atoms with Gasteiger partial charge in [0.15, 0.2) is 5.17 Å². The Kier molecular flexibility index (Phi) is 4.49. The average molecular weight is 380 g/mol. The number of anilines is 1. The summed E-state index contributed by atoms with van der Waals surface area (Å²) < 4.78 is 27.2. The van der Waals surface area contributed by atoms with E-state index in [2.05, 4.69) is 9.71 Å². The molecule has 1 aromatic carbocycles. The second-order valence-corrected chi connectivity index (χ2v) is 9.52. The summed E-state index contributed by atoms with van der Waals surface area (Å²) in [6.07, 6.45) is 6.95. The van der Waals surface area contributed by atoms with Crippen LogP contribution in [0.25, 0.3) is 0 Å². The summed E-state index contributed by atoms with van der Waals surface area (Å²) in [5, 5.41) is 3.64. The summed E-state index contributed by atoms with van der Waals surface area (Å²) in [4.78, 5) is 15.4. The SMILES string of the molecule is O=C(NC1CCCCCC1)c1ccc2c(c1)SC1=NS(=O)(=O)CCN12. The summed E-state index contributed by atoms with van der Waals surface area (Å²) in [6.45, 7) is 0.411. The van der Waals surface area contributed by atoms with Gasteiger partial charge in [0.25, 0.3) is 15.9 Å². The van der Waals surface area contributed by atoms with Crippen molar-refractivity contribution in [1.82, 2.24) is 5.32 Å². The first-order valence-electron chi connectivity index (χ1n) is 8.75. The van der Waals surface area contributed by atoms with E-state index < -0.39 is 10.0 Å². The molecule has 8 heteroatoms. The van der Waals surface area contributed by atoms with Crippen LogP contribution in [0.2, 0.25) is 0 Å². The number of amides is 1. The van der Waals surface area contributed by atoms with Crippen molar-refractivity contribution in [3.63, 3.8) is 0 Å². The lowest BCUT2D eigenvalue weighted by Gasteiger charge is -2.22. The normalized spacial score (nSPS) is 22.6. The summed E-state index contributed by atoms with van der Waals surface area (Å²) >= 11 is 1.32. The minimum Gasteiger partial charge on any atom is -0.349 e. The second-order valence-electron chi connectivity index (χ2n) is 6.76. The zero-order chi connectivity index (χ0) is 17.4. The second kappa shape index (κ2) is 6.64. The van der Waals surface area contributed by atoms with Gasteiger partial charge >= 0.3 is 0 Å². The Balaban J connectivity index is 1.52. The van der Waals surface area contributed by atoms with Crippen molar-refractivity contribution in [2.75, 3.05) is 17.2 Å². The Morgan fingerprint density at radius 1 is 1.20 bits per heavy atom. The number of rotatable bonds is 2. The number of hydrogen-bond acceptors (Lipinski definition) is 5. The summed E-state index contributed by atoms with van der Waals surface area (Å²) in [5.41, 5.74) is 1.56. The summed E-state index contributed by atoms with van der Waals surface area (Å²) in [6, 6.07) is 5.82. The molecule has 0 bridgehead atoms. The molecule has 1 amide bonds. The van der Waals surface area contributed by atoms with Crippen LogP contribution in [0.5, 0.6) is 0 Å². The van der Waals surface area contributed by atoms with Crippen LogP contribution in [0.15, 0.2) is 27.5 Å². The molecule has 3 aliphatic rings. The average Bonchev–Trinajstić information content (AvgIpc) is 2.73. The number of nitrogens with zero attached hydrogens (tertiary/aromatic N) is 2. The summed E-state index contributed by atoms with van der Waals surface area (Å²) in [7, 11) is -3.36. The largest absolute Gasteiger partial charge is 0.349 e. The Bertz CT molecular complexity index is 828. The van der Waals surface area contributed by atoms with Gasteiger partial charge in [0, 0.05) is 23.0 Å². The van der Waals surface area contributed by atoms with Gasteiger partial charge in [-0.3, -0.25) is 4.79 Å². The molecular formula is C17H21N3O3S2. The van der Waals surface area contributed by atoms with Crippen LogP contribution in [0, 0.1) is 0 Å². The van der Waals surface area contributed by atoms with E-state index in [0.717, 1.165) is 23.4 Å². The van der Waals surface area contributed by atoms with E-state index in [1.807, 2.05) is 23.1 Å². The molecule has 0 atom stereocenters. The smallest absolute Gasteiger partial charge is 0.257 e. The first kappa shape index (κ1) is 16.9. The number of sulfonamides is 1. The first-order valence-corrected chi connectivity index (χ1v) is 11.2. The van der Waals surface area contributed by atoms with Gasteiger partial charge in [-0.2, -0.15) is 0 Å². The van der Waals surface area contributed by atoms with Gasteiger partial charge in [0.05, 0.1) is 11.4 Å². The number of hydrogen-bond donors (Lipinski definition) is 1. The zero-order valence-electron chi connectivity index (χ0n) is 13.9. The van der Waals surface area contributed by atoms with Gasteiger partial charge in [-0.05, 0) is 42.8 Å². The minimum atomic E-state index is -3.36. The van der Waals surface area contributed by atoms with E-state index in [4.69, 9.17) is 0 Å². The predicted octanol–water partition coefficient (Wildman–Crippen LogP) is 2.75. The van der Waals surface area contributed by atoms with Crippen LogP contribution in [-0.4, -0.2) is 37.8 Å². The van der Waals surface area contributed by atoms with Crippen molar-refractivity contribution in [3.05, 3.63) is 23.8 Å². The van der Waals surface area contributed by atoms with Gasteiger partial charge in [0.1, 0.15) is 0 Å². The first-order chi connectivity index (χ1) is 12.0. The van der Waals surface area contributed by atoms with Crippen LogP contribution in [-0.2, 0) is 10.0 Å². The van der Waals surface area contributed by atoms with Crippen LogP contribution in [0.3, 0.4) is 0 Å². The highest BCUT2D eigenvalue weighted by atomic mass is 32.2. The molecule has 0 saturated heterocycles. The van der Waals surface area contributed by atoms with Gasteiger partial charge in [-0.1, -0.05) is 25.7 Å². The van der Waals surface area contributed by atoms with E-state index in [1.165, 1.54) is 37.4 Å². The molecule has 0 unspecified atom stereocenters. The standard InChI is InChI=1S/C17H21N3O3S2/c21-16(18-13-5-3-1-2-4-6-13)12-7-8-14-15(11-12)24-17-19-25(22,23)10-9-20(14)17/h7-8,11,13H,1-6,9-10H2,(H,18,21). The van der Waals surface area contributed by atoms with Crippen LogP contribution >= 0.6 is 11.8 Å². The highest BCUT2D eigenvalue weighted by molar-refractivity contribution is 8.15. The van der Waals surface area contributed by atoms with Gasteiger partial charge in [-0.15, -0.1) is 4.40 Å². The van der Waals surface area contributed by atoms with Crippen molar-refractivity contribution in [1.29, 1.82) is 0 Å². The maximum absolute atomic E-state index is 12.6. The Hall–Kier alpha value is -1.54. The maximum atomic E-state index is 12.6. The fraction of sp³-hybridized carbons (Fsp3) is 0.529. The highest BCUT2D eigenvalue weighted by Crippen LogP contribution is 2.42. The van der Waals surface area contributed by atoms with E-state index >= 15 is 0 Å². The number of thioether (sulfide) groups is 1. The number of carbonyl (C=O) groups is 1. The monoisotopic (exact) mass is 379 g/mol. The third-order valence-corrected chi connectivity index (χ3v) is 7.23. The van der Waals surface area contributed by atoms with Gasteiger partial charge in [0.2, 0.25) is 0 Å². The highest BCUT2D eigenvalue weighted by Gasteiger charge is 2.33. The van der Waals surface area contributed by atoms with Crippen molar-refractivity contribution in [2.24, 2.45) is 4.40 Å². The quantitative estimate of drug-likeness (QED) is 0.800. The topological polar surface area (TPSA) is 78.8 Å². The third-order valence-electron chi connectivity index (χ3n) is 4.93. The van der Waals surface area contributed by atoms with Gasteiger partial charge in [-0.25, -0.2) is 8.42 Å². The van der Waals surface area contributed by atoms with E-state index in [-0.39, 0.29) is 17.7 Å². The molecule has 2 heterocycles. The predicted molar refractivity (Wildman–Crippen MR) is 99.8 cm³/mol. The molecule has 25 heavy (non-hydrogen) atoms. The van der Waals surface area contributed by atoms with Gasteiger partial charge < -0.3 is 10.2 Å². The van der Waals surface area contributed by atoms with Crippen LogP contribution in [0.1, 0.15) is 48.9 Å². The lowest BCUT2D eigenvalue weighted by Crippen LogP contribution is -2.35. The zero-order valence-corrected chi connectivity index (χ0v) is 15.5. The number of amidine groups is 1. The molecule has 4 rings (SSSR count). The molecule has 1 aromatic rings. The Morgan fingerprint density at radius 3 is 2.72 bits per heavy atom. The summed E-state index contributed by atoms with van der Waals surface area (Å²) in [5.74, 6) is -0.0184. The lowest BCUT2D eigenvalue weighted by molar-refractivity contribution is 0.0933. The lowest BCUT2D eigenvalue weighted by atomic mass is 10.1. The van der Waals surface area contributed by atoms with E-state index in [1.54, 1.807) is 0 Å². The molecule has 1 fully saturated rings. The number of nitrogens with one attached hydrogen (secondary N) is 1. The fourth-order valence-electron chi connectivity index (χ4n) is 3.56. The van der Waals surface area contributed by atoms with Crippen molar-refractivity contribution >= 4 is 38.5 Å². The molecule has 0 radical (unpaired) electrons. The number of fused-ring (bicyclic) bond motifs is 3. The van der Waals surface area contributed by atoms with Crippen molar-refractivity contribution < 1.29 is 13.2 Å². The minimum absolute atomic E-state index is 0.0282. The molecular weight excluding hydrogens is 358 g/mol. The van der Waals surface area contributed by atoms with E-state index in [9.17, 15) is 13.2 Å². The fourth-order valence-corrected chi connectivity index (χ4v) is 5.86. The molecule has 2 aliphatic heterocycles. The molecule has 1 N–H and O–H groups in total. The Labute approximate surface area is 152 Å². The Morgan fingerprint density at radius 2 is 1.96 bits per heavy atom. The third kappa shape index (κ3) is 3.55. The van der Waals surface area contributed by atoms with Crippen LogP contribution in [0.4, 0.5) is 5.69 Å². The van der Waals surface area contributed by atoms with E-state index in [0.29, 0.717) is 17.3 Å². The number of benzene rings is 1. The molecule has 1 saturated carbocycles. The maximum Gasteiger partial charge on any atom is 0.257 e. The molecule has 0 aromatic heterocycles. The number of carbonyl (C=O) groups excluding carboxylic acids is 1. The molecule has 134 valence electrons. The molecule has 1 aliphatic carbocycles.